The lowest BCUT2D eigenvalue weighted by Crippen LogP contribution is -2.42. The van der Waals surface area contributed by atoms with E-state index in [-0.39, 0.29) is 5.91 Å². The highest BCUT2D eigenvalue weighted by Gasteiger charge is 2.31. The quantitative estimate of drug-likeness (QED) is 0.830. The number of benzene rings is 1. The highest BCUT2D eigenvalue weighted by atomic mass is 16.5. The average Bonchev–Trinajstić information content (AvgIpc) is 2.30. The highest BCUT2D eigenvalue weighted by Crippen LogP contribution is 2.18. The third-order valence-corrected chi connectivity index (χ3v) is 2.65. The molecular formula is C13H19NO2. The molecule has 3 nitrogen and oxygen atoms in total. The monoisotopic (exact) mass is 221 g/mol. The maximum atomic E-state index is 12.0. The van der Waals surface area contributed by atoms with Gasteiger partial charge in [0.1, 0.15) is 5.60 Å². The van der Waals surface area contributed by atoms with Gasteiger partial charge in [-0.1, -0.05) is 25.1 Å². The lowest BCUT2D eigenvalue weighted by molar-refractivity contribution is -0.139. The number of rotatable bonds is 5. The van der Waals surface area contributed by atoms with Crippen molar-refractivity contribution in [1.82, 2.24) is 0 Å². The number of ether oxygens (including phenoxy) is 1. The van der Waals surface area contributed by atoms with Crippen molar-refractivity contribution >= 4 is 11.6 Å². The number of hydrogen-bond donors (Lipinski definition) is 1. The van der Waals surface area contributed by atoms with E-state index in [4.69, 9.17) is 4.74 Å². The first-order chi connectivity index (χ1) is 7.62. The molecule has 0 saturated heterocycles. The summed E-state index contributed by atoms with van der Waals surface area (Å²) in [5.74, 6) is -0.0944. The van der Waals surface area contributed by atoms with Gasteiger partial charge in [0, 0.05) is 12.3 Å². The van der Waals surface area contributed by atoms with Gasteiger partial charge < -0.3 is 10.1 Å². The third-order valence-electron chi connectivity index (χ3n) is 2.65. The van der Waals surface area contributed by atoms with Crippen molar-refractivity contribution in [3.05, 3.63) is 30.3 Å². The molecule has 1 aromatic rings. The van der Waals surface area contributed by atoms with E-state index >= 15 is 0 Å². The zero-order valence-corrected chi connectivity index (χ0v) is 10.1. The molecule has 0 radical (unpaired) electrons. The van der Waals surface area contributed by atoms with Crippen molar-refractivity contribution in [2.24, 2.45) is 0 Å². The fourth-order valence-corrected chi connectivity index (χ4v) is 1.43. The summed E-state index contributed by atoms with van der Waals surface area (Å²) in [5.41, 5.74) is 0.0526. The van der Waals surface area contributed by atoms with Crippen LogP contribution in [0, 0.1) is 0 Å². The molecule has 16 heavy (non-hydrogen) atoms. The van der Waals surface area contributed by atoms with Crippen molar-refractivity contribution < 1.29 is 9.53 Å². The predicted molar refractivity (Wildman–Crippen MR) is 65.4 cm³/mol. The maximum absolute atomic E-state index is 12.0. The molecule has 3 heteroatoms. The van der Waals surface area contributed by atoms with Crippen LogP contribution in [0.2, 0.25) is 0 Å². The van der Waals surface area contributed by atoms with Crippen LogP contribution in [0.3, 0.4) is 0 Å². The minimum atomic E-state index is -0.745. The molecule has 1 rings (SSSR count). The van der Waals surface area contributed by atoms with Gasteiger partial charge in [0.2, 0.25) is 0 Å². The molecule has 0 fully saturated rings. The highest BCUT2D eigenvalue weighted by molar-refractivity contribution is 5.96. The Balaban J connectivity index is 2.70. The number of hydrogen-bond acceptors (Lipinski definition) is 2. The Morgan fingerprint density at radius 3 is 2.44 bits per heavy atom. The molecular weight excluding hydrogens is 202 g/mol. The van der Waals surface area contributed by atoms with E-state index in [0.717, 1.165) is 5.69 Å². The first kappa shape index (κ1) is 12.7. The van der Waals surface area contributed by atoms with Gasteiger partial charge in [-0.3, -0.25) is 4.79 Å². The Hall–Kier alpha value is -1.35. The minimum absolute atomic E-state index is 0.0944. The Kier molecular flexibility index (Phi) is 4.50. The summed E-state index contributed by atoms with van der Waals surface area (Å²) in [4.78, 5) is 12.0. The van der Waals surface area contributed by atoms with E-state index in [1.165, 1.54) is 0 Å². The largest absolute Gasteiger partial charge is 0.366 e. The predicted octanol–water partition coefficient (Wildman–Crippen LogP) is 2.83. The van der Waals surface area contributed by atoms with Crippen LogP contribution in [0.5, 0.6) is 0 Å². The molecule has 0 spiro atoms. The van der Waals surface area contributed by atoms with Gasteiger partial charge in [0.25, 0.3) is 5.91 Å². The minimum Gasteiger partial charge on any atom is -0.366 e. The van der Waals surface area contributed by atoms with Gasteiger partial charge in [-0.05, 0) is 32.4 Å². The second-order valence-corrected chi connectivity index (χ2v) is 3.84. The molecule has 0 aliphatic heterocycles. The number of para-hydroxylation sites is 1. The first-order valence-electron chi connectivity index (χ1n) is 5.63. The topological polar surface area (TPSA) is 38.3 Å². The smallest absolute Gasteiger partial charge is 0.256 e. The summed E-state index contributed by atoms with van der Waals surface area (Å²) in [6.45, 7) is 6.19. The molecule has 0 aliphatic rings. The number of carbonyl (C=O) groups is 1. The van der Waals surface area contributed by atoms with Gasteiger partial charge in [0.05, 0.1) is 0 Å². The lowest BCUT2D eigenvalue weighted by Gasteiger charge is -2.26. The summed E-state index contributed by atoms with van der Waals surface area (Å²) < 4.78 is 5.50. The zero-order valence-electron chi connectivity index (χ0n) is 10.1. The fourth-order valence-electron chi connectivity index (χ4n) is 1.43. The van der Waals surface area contributed by atoms with E-state index in [1.807, 2.05) is 51.1 Å². The van der Waals surface area contributed by atoms with Crippen molar-refractivity contribution in [1.29, 1.82) is 0 Å². The molecule has 1 unspecified atom stereocenters. The van der Waals surface area contributed by atoms with Crippen LogP contribution in [-0.4, -0.2) is 18.1 Å². The average molecular weight is 221 g/mol. The van der Waals surface area contributed by atoms with E-state index in [1.54, 1.807) is 0 Å². The van der Waals surface area contributed by atoms with Crippen LogP contribution in [0.4, 0.5) is 5.69 Å². The van der Waals surface area contributed by atoms with Crippen molar-refractivity contribution in [3.8, 4) is 0 Å². The maximum Gasteiger partial charge on any atom is 0.256 e. The van der Waals surface area contributed by atoms with Gasteiger partial charge in [-0.15, -0.1) is 0 Å². The second-order valence-electron chi connectivity index (χ2n) is 3.84. The van der Waals surface area contributed by atoms with Crippen LogP contribution in [0.15, 0.2) is 30.3 Å². The molecule has 0 heterocycles. The molecule has 0 bridgehead atoms. The van der Waals surface area contributed by atoms with Crippen LogP contribution in [0.25, 0.3) is 0 Å². The Morgan fingerprint density at radius 2 is 1.94 bits per heavy atom. The lowest BCUT2D eigenvalue weighted by atomic mass is 10.0. The SMILES string of the molecule is CCOC(C)(CC)C(=O)Nc1ccccc1. The Bertz CT molecular complexity index is 337. The van der Waals surface area contributed by atoms with Gasteiger partial charge in [-0.25, -0.2) is 0 Å². The van der Waals surface area contributed by atoms with Crippen LogP contribution in [0.1, 0.15) is 27.2 Å². The Morgan fingerprint density at radius 1 is 1.31 bits per heavy atom. The van der Waals surface area contributed by atoms with Gasteiger partial charge >= 0.3 is 0 Å². The zero-order chi connectivity index (χ0) is 12.0. The number of carbonyl (C=O) groups excluding carboxylic acids is 1. The van der Waals surface area contributed by atoms with E-state index in [9.17, 15) is 4.79 Å². The van der Waals surface area contributed by atoms with Crippen LogP contribution < -0.4 is 5.32 Å². The third kappa shape index (κ3) is 3.07. The summed E-state index contributed by atoms with van der Waals surface area (Å²) in [5, 5.41) is 2.85. The fraction of sp³-hybridized carbons (Fsp3) is 0.462. The van der Waals surface area contributed by atoms with Gasteiger partial charge in [0.15, 0.2) is 0 Å². The van der Waals surface area contributed by atoms with Gasteiger partial charge in [-0.2, -0.15) is 0 Å². The number of anilines is 1. The summed E-state index contributed by atoms with van der Waals surface area (Å²) in [6, 6.07) is 9.41. The van der Waals surface area contributed by atoms with E-state index in [0.29, 0.717) is 13.0 Å². The summed E-state index contributed by atoms with van der Waals surface area (Å²) in [6.07, 6.45) is 0.652. The molecule has 1 atom stereocenters. The Labute approximate surface area is 96.8 Å². The first-order valence-corrected chi connectivity index (χ1v) is 5.63. The van der Waals surface area contributed by atoms with Crippen LogP contribution >= 0.6 is 0 Å². The number of amides is 1. The van der Waals surface area contributed by atoms with Crippen molar-refractivity contribution in [2.45, 2.75) is 32.8 Å². The summed E-state index contributed by atoms with van der Waals surface area (Å²) in [7, 11) is 0. The van der Waals surface area contributed by atoms with Crippen molar-refractivity contribution in [2.75, 3.05) is 11.9 Å². The molecule has 88 valence electrons. The van der Waals surface area contributed by atoms with E-state index in [2.05, 4.69) is 5.32 Å². The number of nitrogens with one attached hydrogen (secondary N) is 1. The molecule has 0 saturated carbocycles. The molecule has 0 aromatic heterocycles. The normalized spacial score (nSPS) is 14.2. The molecule has 1 aromatic carbocycles. The van der Waals surface area contributed by atoms with Crippen molar-refractivity contribution in [3.63, 3.8) is 0 Å². The van der Waals surface area contributed by atoms with E-state index < -0.39 is 5.60 Å². The molecule has 1 N–H and O–H groups in total. The standard InChI is InChI=1S/C13H19NO2/c1-4-13(3,16-5-2)12(15)14-11-9-7-6-8-10-11/h6-10H,4-5H2,1-3H3,(H,14,15). The summed E-state index contributed by atoms with van der Waals surface area (Å²) >= 11 is 0. The molecule has 1 amide bonds. The molecule has 0 aliphatic carbocycles. The van der Waals surface area contributed by atoms with Crippen LogP contribution in [-0.2, 0) is 9.53 Å². The second kappa shape index (κ2) is 5.66.